The van der Waals surface area contributed by atoms with Crippen molar-refractivity contribution >= 4 is 21.6 Å². The van der Waals surface area contributed by atoms with E-state index in [9.17, 15) is 13.2 Å². The van der Waals surface area contributed by atoms with Gasteiger partial charge in [-0.2, -0.15) is 0 Å². The van der Waals surface area contributed by atoms with Crippen molar-refractivity contribution in [2.75, 3.05) is 44.1 Å². The lowest BCUT2D eigenvalue weighted by Crippen LogP contribution is -2.48. The van der Waals surface area contributed by atoms with Gasteiger partial charge in [0.1, 0.15) is 0 Å². The predicted octanol–water partition coefficient (Wildman–Crippen LogP) is 2.91. The molecule has 0 bridgehead atoms. The standard InChI is InChI=1S/C22H29N3O3S/c1-5-24-12-14-25(15-13-24)22(26)19-8-11-21(18(3)16-19)23(4)29(27,28)20-9-6-17(2)7-10-20/h6-11,16H,5,12-15H2,1-4H3. The summed E-state index contributed by atoms with van der Waals surface area (Å²) in [5.41, 5.74) is 2.92. The second-order valence-corrected chi connectivity index (χ2v) is 9.48. The van der Waals surface area contributed by atoms with E-state index in [-0.39, 0.29) is 10.8 Å². The van der Waals surface area contributed by atoms with Gasteiger partial charge in [-0.15, -0.1) is 0 Å². The van der Waals surface area contributed by atoms with Crippen LogP contribution >= 0.6 is 0 Å². The predicted molar refractivity (Wildman–Crippen MR) is 116 cm³/mol. The van der Waals surface area contributed by atoms with Crippen LogP contribution in [0.2, 0.25) is 0 Å². The number of aryl methyl sites for hydroxylation is 2. The number of nitrogens with zero attached hydrogens (tertiary/aromatic N) is 3. The molecule has 0 atom stereocenters. The molecule has 0 spiro atoms. The van der Waals surface area contributed by atoms with E-state index in [1.54, 1.807) is 49.5 Å². The summed E-state index contributed by atoms with van der Waals surface area (Å²) >= 11 is 0. The number of piperazine rings is 1. The Morgan fingerprint density at radius 2 is 1.62 bits per heavy atom. The third-order valence-corrected chi connectivity index (χ3v) is 7.35. The Hall–Kier alpha value is -2.38. The van der Waals surface area contributed by atoms with Crippen LogP contribution in [0.15, 0.2) is 47.4 Å². The van der Waals surface area contributed by atoms with E-state index in [0.717, 1.165) is 43.9 Å². The zero-order chi connectivity index (χ0) is 21.2. The van der Waals surface area contributed by atoms with Crippen LogP contribution < -0.4 is 4.31 Å². The number of rotatable bonds is 5. The molecule has 2 aromatic carbocycles. The first-order valence-corrected chi connectivity index (χ1v) is 11.4. The Balaban J connectivity index is 1.80. The van der Waals surface area contributed by atoms with E-state index < -0.39 is 10.0 Å². The van der Waals surface area contributed by atoms with Crippen molar-refractivity contribution < 1.29 is 13.2 Å². The molecule has 29 heavy (non-hydrogen) atoms. The van der Waals surface area contributed by atoms with Gasteiger partial charge in [-0.1, -0.05) is 24.6 Å². The second kappa shape index (κ2) is 8.55. The molecule has 1 saturated heterocycles. The van der Waals surface area contributed by atoms with Gasteiger partial charge in [0.25, 0.3) is 15.9 Å². The minimum atomic E-state index is -3.66. The van der Waals surface area contributed by atoms with Gasteiger partial charge in [-0.3, -0.25) is 9.10 Å². The summed E-state index contributed by atoms with van der Waals surface area (Å²) in [6, 6.07) is 12.0. The fraction of sp³-hybridized carbons (Fsp3) is 0.409. The van der Waals surface area contributed by atoms with E-state index in [4.69, 9.17) is 0 Å². The number of hydrogen-bond acceptors (Lipinski definition) is 4. The molecule has 1 aliphatic rings. The minimum Gasteiger partial charge on any atom is -0.336 e. The summed E-state index contributed by atoms with van der Waals surface area (Å²) in [6.07, 6.45) is 0. The van der Waals surface area contributed by atoms with E-state index in [0.29, 0.717) is 11.3 Å². The van der Waals surface area contributed by atoms with Crippen LogP contribution in [0.25, 0.3) is 0 Å². The van der Waals surface area contributed by atoms with E-state index in [1.807, 2.05) is 18.7 Å². The molecule has 1 heterocycles. The van der Waals surface area contributed by atoms with Crippen LogP contribution in [0.1, 0.15) is 28.4 Å². The third-order valence-electron chi connectivity index (χ3n) is 5.57. The van der Waals surface area contributed by atoms with Crippen LogP contribution in [-0.2, 0) is 10.0 Å². The fourth-order valence-corrected chi connectivity index (χ4v) is 4.85. The maximum absolute atomic E-state index is 13.0. The lowest BCUT2D eigenvalue weighted by molar-refractivity contribution is 0.0643. The highest BCUT2D eigenvalue weighted by Crippen LogP contribution is 2.27. The average molecular weight is 416 g/mol. The smallest absolute Gasteiger partial charge is 0.264 e. The highest BCUT2D eigenvalue weighted by molar-refractivity contribution is 7.92. The molecule has 0 unspecified atom stereocenters. The summed E-state index contributed by atoms with van der Waals surface area (Å²) in [7, 11) is -2.12. The van der Waals surface area contributed by atoms with Crippen LogP contribution in [0.4, 0.5) is 5.69 Å². The summed E-state index contributed by atoms with van der Waals surface area (Å²) in [6.45, 7) is 10.1. The number of sulfonamides is 1. The Morgan fingerprint density at radius 3 is 2.17 bits per heavy atom. The number of carbonyl (C=O) groups is 1. The van der Waals surface area contributed by atoms with Crippen molar-refractivity contribution in [2.24, 2.45) is 0 Å². The minimum absolute atomic E-state index is 0.000511. The first-order valence-electron chi connectivity index (χ1n) is 9.92. The lowest BCUT2D eigenvalue weighted by Gasteiger charge is -2.34. The Kier molecular flexibility index (Phi) is 6.29. The molecular formula is C22H29N3O3S. The summed E-state index contributed by atoms with van der Waals surface area (Å²) in [4.78, 5) is 17.3. The van der Waals surface area contributed by atoms with Gasteiger partial charge < -0.3 is 9.80 Å². The summed E-state index contributed by atoms with van der Waals surface area (Å²) in [5.74, 6) is -0.000511. The number of hydrogen-bond donors (Lipinski definition) is 0. The molecule has 0 saturated carbocycles. The van der Waals surface area contributed by atoms with Crippen LogP contribution in [0.5, 0.6) is 0 Å². The molecule has 1 amide bonds. The largest absolute Gasteiger partial charge is 0.336 e. The molecule has 156 valence electrons. The van der Waals surface area contributed by atoms with Crippen molar-refractivity contribution in [3.63, 3.8) is 0 Å². The van der Waals surface area contributed by atoms with E-state index >= 15 is 0 Å². The zero-order valence-corrected chi connectivity index (χ0v) is 18.4. The maximum Gasteiger partial charge on any atom is 0.264 e. The third kappa shape index (κ3) is 4.46. The highest BCUT2D eigenvalue weighted by Gasteiger charge is 2.25. The molecule has 1 fully saturated rings. The Bertz CT molecular complexity index is 979. The van der Waals surface area contributed by atoms with Crippen LogP contribution in [-0.4, -0.2) is 63.9 Å². The normalized spacial score (nSPS) is 15.4. The van der Waals surface area contributed by atoms with Gasteiger partial charge in [0, 0.05) is 38.8 Å². The lowest BCUT2D eigenvalue weighted by atomic mass is 10.1. The molecule has 7 heteroatoms. The number of anilines is 1. The zero-order valence-electron chi connectivity index (χ0n) is 17.6. The molecule has 1 aliphatic heterocycles. The molecular weight excluding hydrogens is 386 g/mol. The van der Waals surface area contributed by atoms with Gasteiger partial charge in [-0.05, 0) is 56.3 Å². The molecule has 0 N–H and O–H groups in total. The molecule has 0 aliphatic carbocycles. The molecule has 2 aromatic rings. The molecule has 0 aromatic heterocycles. The average Bonchev–Trinajstić information content (AvgIpc) is 2.73. The quantitative estimate of drug-likeness (QED) is 0.753. The molecule has 3 rings (SSSR count). The van der Waals surface area contributed by atoms with Crippen molar-refractivity contribution in [1.82, 2.24) is 9.80 Å². The fourth-order valence-electron chi connectivity index (χ4n) is 3.59. The van der Waals surface area contributed by atoms with Crippen molar-refractivity contribution in [3.8, 4) is 0 Å². The maximum atomic E-state index is 13.0. The number of likely N-dealkylation sites (N-methyl/N-ethyl adjacent to an activating group) is 1. The first kappa shape index (κ1) is 21.3. The Labute approximate surface area is 173 Å². The van der Waals surface area contributed by atoms with E-state index in [1.165, 1.54) is 4.31 Å². The topological polar surface area (TPSA) is 60.9 Å². The summed E-state index contributed by atoms with van der Waals surface area (Å²) < 4.78 is 27.2. The van der Waals surface area contributed by atoms with Crippen molar-refractivity contribution in [1.29, 1.82) is 0 Å². The van der Waals surface area contributed by atoms with Crippen LogP contribution in [0.3, 0.4) is 0 Å². The van der Waals surface area contributed by atoms with Crippen molar-refractivity contribution in [3.05, 3.63) is 59.2 Å². The van der Waals surface area contributed by atoms with Gasteiger partial charge in [0.2, 0.25) is 0 Å². The number of carbonyl (C=O) groups excluding carboxylic acids is 1. The molecule has 0 radical (unpaired) electrons. The van der Waals surface area contributed by atoms with Gasteiger partial charge >= 0.3 is 0 Å². The number of benzene rings is 2. The van der Waals surface area contributed by atoms with Gasteiger partial charge in [-0.25, -0.2) is 8.42 Å². The first-order chi connectivity index (χ1) is 13.7. The Morgan fingerprint density at radius 1 is 1.00 bits per heavy atom. The van der Waals surface area contributed by atoms with Gasteiger partial charge in [0.15, 0.2) is 0 Å². The van der Waals surface area contributed by atoms with E-state index in [2.05, 4.69) is 11.8 Å². The highest BCUT2D eigenvalue weighted by atomic mass is 32.2. The second-order valence-electron chi connectivity index (χ2n) is 7.51. The van der Waals surface area contributed by atoms with Crippen LogP contribution in [0, 0.1) is 13.8 Å². The van der Waals surface area contributed by atoms with Gasteiger partial charge in [0.05, 0.1) is 10.6 Å². The van der Waals surface area contributed by atoms with Crippen molar-refractivity contribution in [2.45, 2.75) is 25.7 Å². The summed E-state index contributed by atoms with van der Waals surface area (Å²) in [5, 5.41) is 0. The monoisotopic (exact) mass is 415 g/mol. The number of amides is 1. The SMILES string of the molecule is CCN1CCN(C(=O)c2ccc(N(C)S(=O)(=O)c3ccc(C)cc3)c(C)c2)CC1. The molecule has 6 nitrogen and oxygen atoms in total.